The van der Waals surface area contributed by atoms with Crippen molar-refractivity contribution in [2.75, 3.05) is 5.32 Å². The molecule has 156 valence electrons. The van der Waals surface area contributed by atoms with Gasteiger partial charge in [0, 0.05) is 30.7 Å². The second kappa shape index (κ2) is 8.17. The lowest BCUT2D eigenvalue weighted by molar-refractivity contribution is -0.137. The molecule has 9 heteroatoms. The van der Waals surface area contributed by atoms with Crippen LogP contribution >= 0.6 is 0 Å². The third-order valence-corrected chi connectivity index (χ3v) is 5.16. The lowest BCUT2D eigenvalue weighted by Crippen LogP contribution is -2.43. The van der Waals surface area contributed by atoms with Crippen LogP contribution < -0.4 is 10.6 Å². The van der Waals surface area contributed by atoms with Crippen LogP contribution in [0.5, 0.6) is 0 Å². The fourth-order valence-electron chi connectivity index (χ4n) is 3.67. The highest BCUT2D eigenvalue weighted by Gasteiger charge is 2.32. The molecule has 1 saturated carbocycles. The number of carbonyl (C=O) groups is 1. The fraction of sp³-hybridized carbons (Fsp3) is 0.286. The minimum absolute atomic E-state index is 0.116. The third-order valence-electron chi connectivity index (χ3n) is 5.16. The number of halogens is 3. The van der Waals surface area contributed by atoms with Crippen molar-refractivity contribution in [3.05, 3.63) is 72.2 Å². The molecule has 3 aromatic rings. The summed E-state index contributed by atoms with van der Waals surface area (Å²) in [4.78, 5) is 16.8. The summed E-state index contributed by atoms with van der Waals surface area (Å²) in [5, 5.41) is 10.4. The quantitative estimate of drug-likeness (QED) is 0.660. The molecule has 4 rings (SSSR count). The molecule has 2 aromatic heterocycles. The Morgan fingerprint density at radius 2 is 1.87 bits per heavy atom. The molecule has 1 aliphatic rings. The Morgan fingerprint density at radius 3 is 2.57 bits per heavy atom. The summed E-state index contributed by atoms with van der Waals surface area (Å²) in [6.45, 7) is 0. The number of nitrogens with zero attached hydrogens (tertiary/aromatic N) is 3. The Morgan fingerprint density at radius 1 is 1.07 bits per heavy atom. The topological polar surface area (TPSA) is 71.8 Å². The van der Waals surface area contributed by atoms with E-state index in [0.717, 1.165) is 31.5 Å². The highest BCUT2D eigenvalue weighted by atomic mass is 19.4. The van der Waals surface area contributed by atoms with Crippen molar-refractivity contribution in [2.45, 2.75) is 37.5 Å². The number of nitrogens with one attached hydrogen (secondary N) is 2. The normalized spacial score (nSPS) is 18.9. The molecular weight excluding hydrogens is 395 g/mol. The summed E-state index contributed by atoms with van der Waals surface area (Å²) in [6.07, 6.45) is 2.25. The second-order valence-electron chi connectivity index (χ2n) is 7.16. The van der Waals surface area contributed by atoms with Gasteiger partial charge < -0.3 is 10.6 Å². The number of pyridine rings is 1. The number of benzene rings is 1. The molecule has 0 saturated heterocycles. The maximum atomic E-state index is 12.9. The second-order valence-corrected chi connectivity index (χ2v) is 7.16. The van der Waals surface area contributed by atoms with Crippen molar-refractivity contribution in [3.63, 3.8) is 0 Å². The van der Waals surface area contributed by atoms with E-state index in [-0.39, 0.29) is 18.0 Å². The SMILES string of the molecule is O=C(N[C@H]1CCC[C@@H]1Nc1ccc(C(F)(F)F)cn1)c1ccccc1-n1cccn1. The van der Waals surface area contributed by atoms with Crippen LogP contribution in [0.1, 0.15) is 35.2 Å². The molecular formula is C21H20F3N5O. The van der Waals surface area contributed by atoms with Gasteiger partial charge in [-0.1, -0.05) is 12.1 Å². The van der Waals surface area contributed by atoms with E-state index in [1.165, 1.54) is 6.07 Å². The van der Waals surface area contributed by atoms with Gasteiger partial charge >= 0.3 is 6.18 Å². The van der Waals surface area contributed by atoms with E-state index in [1.54, 1.807) is 35.3 Å². The number of anilines is 1. The maximum Gasteiger partial charge on any atom is 0.417 e. The van der Waals surface area contributed by atoms with Gasteiger partial charge in [0.05, 0.1) is 16.8 Å². The minimum atomic E-state index is -4.42. The van der Waals surface area contributed by atoms with Gasteiger partial charge in [0.15, 0.2) is 0 Å². The van der Waals surface area contributed by atoms with Crippen LogP contribution in [0.15, 0.2) is 61.1 Å². The Kier molecular flexibility index (Phi) is 5.43. The molecule has 6 nitrogen and oxygen atoms in total. The average Bonchev–Trinajstić information content (AvgIpc) is 3.40. The van der Waals surface area contributed by atoms with Gasteiger partial charge in [-0.2, -0.15) is 18.3 Å². The van der Waals surface area contributed by atoms with Gasteiger partial charge in [-0.15, -0.1) is 0 Å². The summed E-state index contributed by atoms with van der Waals surface area (Å²) >= 11 is 0. The number of hydrogen-bond donors (Lipinski definition) is 2. The smallest absolute Gasteiger partial charge is 0.365 e. The predicted molar refractivity (Wildman–Crippen MR) is 105 cm³/mol. The van der Waals surface area contributed by atoms with E-state index >= 15 is 0 Å². The molecule has 0 bridgehead atoms. The Balaban J connectivity index is 1.45. The predicted octanol–water partition coefficient (Wildman–Crippen LogP) is 4.05. The van der Waals surface area contributed by atoms with Crippen LogP contribution in [0.2, 0.25) is 0 Å². The number of rotatable bonds is 5. The van der Waals surface area contributed by atoms with Gasteiger partial charge in [0.1, 0.15) is 5.82 Å². The lowest BCUT2D eigenvalue weighted by Gasteiger charge is -2.23. The number of carbonyl (C=O) groups excluding carboxylic acids is 1. The van der Waals surface area contributed by atoms with Gasteiger partial charge in [-0.3, -0.25) is 4.79 Å². The Labute approximate surface area is 171 Å². The summed E-state index contributed by atoms with van der Waals surface area (Å²) in [7, 11) is 0. The maximum absolute atomic E-state index is 12.9. The molecule has 1 fully saturated rings. The first-order chi connectivity index (χ1) is 14.4. The first kappa shape index (κ1) is 19.9. The van der Waals surface area contributed by atoms with Crippen molar-refractivity contribution in [3.8, 4) is 5.69 Å². The monoisotopic (exact) mass is 415 g/mol. The van der Waals surface area contributed by atoms with Crippen LogP contribution in [-0.4, -0.2) is 32.8 Å². The van der Waals surface area contributed by atoms with Gasteiger partial charge in [-0.05, 0) is 49.6 Å². The highest BCUT2D eigenvalue weighted by Crippen LogP contribution is 2.29. The summed E-state index contributed by atoms with van der Waals surface area (Å²) in [5.74, 6) is 0.131. The van der Waals surface area contributed by atoms with Crippen molar-refractivity contribution in [1.82, 2.24) is 20.1 Å². The lowest BCUT2D eigenvalue weighted by atomic mass is 10.1. The number of aromatic nitrogens is 3. The van der Waals surface area contributed by atoms with E-state index in [2.05, 4.69) is 20.7 Å². The fourth-order valence-corrected chi connectivity index (χ4v) is 3.67. The molecule has 0 unspecified atom stereocenters. The van der Waals surface area contributed by atoms with E-state index in [4.69, 9.17) is 0 Å². The number of alkyl halides is 3. The highest BCUT2D eigenvalue weighted by molar-refractivity contribution is 5.98. The van der Waals surface area contributed by atoms with Crippen LogP contribution in [0.4, 0.5) is 19.0 Å². The molecule has 2 N–H and O–H groups in total. The molecule has 2 heterocycles. The summed E-state index contributed by atoms with van der Waals surface area (Å²) in [5.41, 5.74) is 0.381. The summed E-state index contributed by atoms with van der Waals surface area (Å²) < 4.78 is 39.8. The number of amides is 1. The van der Waals surface area contributed by atoms with Crippen molar-refractivity contribution in [2.24, 2.45) is 0 Å². The van der Waals surface area contributed by atoms with E-state index in [9.17, 15) is 18.0 Å². The molecule has 0 radical (unpaired) electrons. The van der Waals surface area contributed by atoms with Gasteiger partial charge in [0.2, 0.25) is 0 Å². The van der Waals surface area contributed by atoms with Crippen LogP contribution in [0, 0.1) is 0 Å². The first-order valence-corrected chi connectivity index (χ1v) is 9.61. The van der Waals surface area contributed by atoms with Crippen molar-refractivity contribution < 1.29 is 18.0 Å². The Hall–Kier alpha value is -3.36. The molecule has 0 spiro atoms. The average molecular weight is 415 g/mol. The van der Waals surface area contributed by atoms with Crippen LogP contribution in [-0.2, 0) is 6.18 Å². The van der Waals surface area contributed by atoms with Gasteiger partial charge in [-0.25, -0.2) is 9.67 Å². The zero-order valence-electron chi connectivity index (χ0n) is 15.9. The molecule has 2 atom stereocenters. The molecule has 30 heavy (non-hydrogen) atoms. The number of para-hydroxylation sites is 1. The standard InChI is InChI=1S/C21H20F3N5O/c22-21(23,24)14-9-10-19(25-13-14)27-16-6-3-7-17(16)28-20(30)15-5-1-2-8-18(15)29-12-4-11-26-29/h1-2,4-5,8-13,16-17H,3,6-7H2,(H,25,27)(H,28,30)/t16-,17-/m0/s1. The molecule has 0 aliphatic heterocycles. The molecule has 1 amide bonds. The van der Waals surface area contributed by atoms with E-state index in [1.807, 2.05) is 12.1 Å². The largest absolute Gasteiger partial charge is 0.417 e. The van der Waals surface area contributed by atoms with E-state index < -0.39 is 11.7 Å². The minimum Gasteiger partial charge on any atom is -0.365 e. The van der Waals surface area contributed by atoms with Crippen LogP contribution in [0.3, 0.4) is 0 Å². The molecule has 1 aromatic carbocycles. The van der Waals surface area contributed by atoms with E-state index in [0.29, 0.717) is 17.1 Å². The van der Waals surface area contributed by atoms with Crippen molar-refractivity contribution in [1.29, 1.82) is 0 Å². The zero-order valence-corrected chi connectivity index (χ0v) is 15.9. The van der Waals surface area contributed by atoms with Gasteiger partial charge in [0.25, 0.3) is 5.91 Å². The third kappa shape index (κ3) is 4.29. The zero-order chi connectivity index (χ0) is 21.1. The Bertz CT molecular complexity index is 1000. The number of hydrogen-bond acceptors (Lipinski definition) is 4. The summed E-state index contributed by atoms with van der Waals surface area (Å²) in [6, 6.07) is 11.0. The first-order valence-electron chi connectivity index (χ1n) is 9.61. The van der Waals surface area contributed by atoms with Crippen LogP contribution in [0.25, 0.3) is 5.69 Å². The van der Waals surface area contributed by atoms with Crippen molar-refractivity contribution >= 4 is 11.7 Å². The molecule has 1 aliphatic carbocycles.